The lowest BCUT2D eigenvalue weighted by molar-refractivity contribution is -0.0170. The van der Waals surface area contributed by atoms with Crippen LogP contribution in [0, 0.1) is 5.92 Å². The van der Waals surface area contributed by atoms with Crippen molar-refractivity contribution in [1.82, 2.24) is 4.90 Å². The highest BCUT2D eigenvalue weighted by Crippen LogP contribution is 2.56. The van der Waals surface area contributed by atoms with Gasteiger partial charge >= 0.3 is 12.2 Å². The number of benzene rings is 2. The van der Waals surface area contributed by atoms with Crippen LogP contribution in [0.2, 0.25) is 0 Å². The number of hydrogen-bond acceptors (Lipinski definition) is 6. The Morgan fingerprint density at radius 2 is 1.74 bits per heavy atom. The molecule has 3 atom stereocenters. The van der Waals surface area contributed by atoms with Crippen molar-refractivity contribution >= 4 is 12.2 Å². The zero-order valence-corrected chi connectivity index (χ0v) is 21.9. The molecule has 202 valence electrons. The minimum absolute atomic E-state index is 0.0250. The molecule has 6 rings (SSSR count). The average Bonchev–Trinajstić information content (AvgIpc) is 3.45. The fourth-order valence-corrected chi connectivity index (χ4v) is 7.42. The van der Waals surface area contributed by atoms with E-state index in [0.717, 1.165) is 56.9 Å². The molecule has 4 aliphatic rings. The summed E-state index contributed by atoms with van der Waals surface area (Å²) in [4.78, 5) is 27.2. The van der Waals surface area contributed by atoms with Gasteiger partial charge in [0.05, 0.1) is 0 Å². The first-order valence-corrected chi connectivity index (χ1v) is 14.2. The number of likely N-dealkylation sites (tertiary alicyclic amines) is 1. The Hall–Kier alpha value is -3.22. The zero-order chi connectivity index (χ0) is 26.0. The largest absolute Gasteiger partial charge is 0.511 e. The van der Waals surface area contributed by atoms with Crippen molar-refractivity contribution in [3.8, 4) is 5.75 Å². The van der Waals surface area contributed by atoms with Crippen molar-refractivity contribution in [3.63, 3.8) is 0 Å². The van der Waals surface area contributed by atoms with Gasteiger partial charge in [-0.05, 0) is 86.1 Å². The number of amides is 1. The molecule has 3 fully saturated rings. The van der Waals surface area contributed by atoms with Gasteiger partial charge in [0.15, 0.2) is 0 Å². The molecule has 1 amide bonds. The normalized spacial score (nSPS) is 26.2. The summed E-state index contributed by atoms with van der Waals surface area (Å²) in [6.07, 6.45) is 9.51. The van der Waals surface area contributed by atoms with Crippen LogP contribution in [-0.4, -0.2) is 42.6 Å². The van der Waals surface area contributed by atoms with Gasteiger partial charge in [0.1, 0.15) is 18.5 Å². The second-order valence-corrected chi connectivity index (χ2v) is 11.3. The molecule has 0 spiro atoms. The molecule has 1 aliphatic heterocycles. The summed E-state index contributed by atoms with van der Waals surface area (Å²) in [7, 11) is 0. The van der Waals surface area contributed by atoms with E-state index in [1.807, 2.05) is 41.3 Å². The molecule has 0 radical (unpaired) electrons. The van der Waals surface area contributed by atoms with Crippen LogP contribution in [0.5, 0.6) is 5.75 Å². The first-order valence-electron chi connectivity index (χ1n) is 14.2. The zero-order valence-electron chi connectivity index (χ0n) is 21.9. The molecule has 0 aromatic heterocycles. The minimum Gasteiger partial charge on any atom is -0.457 e. The molecule has 38 heavy (non-hydrogen) atoms. The standard InChI is InChI=1S/C31H37NO6/c33-29(35-20-22-8-2-1-3-9-22)32-17-16-31-15-7-6-12-26(31)28(32)18-23-13-14-25(19-27(23)31)36-21-37-30(34)38-24-10-4-5-11-24/h1-3,8-9,13-14,19,24,26,28H,4-7,10-12,15-18,20-21H2/t26-,28+,31+/m0/s1. The van der Waals surface area contributed by atoms with E-state index >= 15 is 0 Å². The molecule has 2 saturated carbocycles. The number of rotatable bonds is 6. The fraction of sp³-hybridized carbons (Fsp3) is 0.548. The lowest BCUT2D eigenvalue weighted by Gasteiger charge is -2.58. The van der Waals surface area contributed by atoms with Crippen LogP contribution < -0.4 is 4.74 Å². The molecule has 0 N–H and O–H groups in total. The highest BCUT2D eigenvalue weighted by molar-refractivity contribution is 5.69. The molecule has 7 heteroatoms. The van der Waals surface area contributed by atoms with Crippen LogP contribution in [0.4, 0.5) is 9.59 Å². The van der Waals surface area contributed by atoms with E-state index in [0.29, 0.717) is 24.8 Å². The van der Waals surface area contributed by atoms with E-state index < -0.39 is 6.16 Å². The molecular weight excluding hydrogens is 482 g/mol. The first kappa shape index (κ1) is 25.1. The van der Waals surface area contributed by atoms with Crippen molar-refractivity contribution in [3.05, 3.63) is 65.2 Å². The number of nitrogens with zero attached hydrogens (tertiary/aromatic N) is 1. The van der Waals surface area contributed by atoms with Crippen LogP contribution in [0.15, 0.2) is 48.5 Å². The maximum absolute atomic E-state index is 13.2. The predicted molar refractivity (Wildman–Crippen MR) is 141 cm³/mol. The molecule has 7 nitrogen and oxygen atoms in total. The van der Waals surface area contributed by atoms with Crippen LogP contribution in [-0.2, 0) is 32.7 Å². The van der Waals surface area contributed by atoms with E-state index in [2.05, 4.69) is 12.1 Å². The Labute approximate surface area is 224 Å². The van der Waals surface area contributed by atoms with Gasteiger partial charge in [0.2, 0.25) is 6.79 Å². The molecule has 1 saturated heterocycles. The topological polar surface area (TPSA) is 74.3 Å². The second-order valence-electron chi connectivity index (χ2n) is 11.3. The summed E-state index contributed by atoms with van der Waals surface area (Å²) in [5, 5.41) is 0. The van der Waals surface area contributed by atoms with E-state index in [-0.39, 0.29) is 30.4 Å². The van der Waals surface area contributed by atoms with Gasteiger partial charge in [0, 0.05) is 18.0 Å². The summed E-state index contributed by atoms with van der Waals surface area (Å²) in [5.74, 6) is 1.12. The van der Waals surface area contributed by atoms with Gasteiger partial charge in [-0.15, -0.1) is 0 Å². The maximum atomic E-state index is 13.2. The quantitative estimate of drug-likeness (QED) is 0.320. The summed E-state index contributed by atoms with van der Waals surface area (Å²) >= 11 is 0. The first-order chi connectivity index (χ1) is 18.6. The van der Waals surface area contributed by atoms with E-state index in [1.54, 1.807) is 0 Å². The Balaban J connectivity index is 1.13. The third kappa shape index (κ3) is 4.95. The molecule has 3 aliphatic carbocycles. The Kier molecular flexibility index (Phi) is 7.18. The molecule has 2 aromatic rings. The van der Waals surface area contributed by atoms with Gasteiger partial charge in [-0.3, -0.25) is 0 Å². The fourth-order valence-electron chi connectivity index (χ4n) is 7.42. The molecular formula is C31H37NO6. The molecule has 2 bridgehead atoms. The number of hydrogen-bond donors (Lipinski definition) is 0. The summed E-state index contributed by atoms with van der Waals surface area (Å²) in [6.45, 7) is 0.839. The number of carbonyl (C=O) groups is 2. The SMILES string of the molecule is O=C(OCOc1ccc2c(c1)[C@@]13CCCC[C@H]1[C@@H](C2)N(C(=O)OCc1ccccc1)CC3)OC1CCCC1. The highest BCUT2D eigenvalue weighted by atomic mass is 16.8. The highest BCUT2D eigenvalue weighted by Gasteiger charge is 2.55. The van der Waals surface area contributed by atoms with Gasteiger partial charge < -0.3 is 23.8 Å². The lowest BCUT2D eigenvalue weighted by Crippen LogP contribution is -2.62. The summed E-state index contributed by atoms with van der Waals surface area (Å²) in [5.41, 5.74) is 3.68. The predicted octanol–water partition coefficient (Wildman–Crippen LogP) is 6.51. The van der Waals surface area contributed by atoms with Gasteiger partial charge in [0.25, 0.3) is 0 Å². The third-order valence-electron chi connectivity index (χ3n) is 9.22. The molecule has 2 aromatic carbocycles. The average molecular weight is 520 g/mol. The van der Waals surface area contributed by atoms with Crippen molar-refractivity contribution < 1.29 is 28.5 Å². The van der Waals surface area contributed by atoms with Gasteiger partial charge in [-0.25, -0.2) is 9.59 Å². The lowest BCUT2D eigenvalue weighted by atomic mass is 9.52. The minimum atomic E-state index is -0.657. The van der Waals surface area contributed by atoms with E-state index in [1.165, 1.54) is 24.0 Å². The van der Waals surface area contributed by atoms with Crippen molar-refractivity contribution in [2.24, 2.45) is 5.92 Å². The number of carbonyl (C=O) groups excluding carboxylic acids is 2. The van der Waals surface area contributed by atoms with Crippen LogP contribution in [0.25, 0.3) is 0 Å². The van der Waals surface area contributed by atoms with Crippen molar-refractivity contribution in [2.45, 2.75) is 88.4 Å². The summed E-state index contributed by atoms with van der Waals surface area (Å²) in [6, 6.07) is 16.2. The van der Waals surface area contributed by atoms with Gasteiger partial charge in [-0.1, -0.05) is 49.2 Å². The van der Waals surface area contributed by atoms with Crippen molar-refractivity contribution in [2.75, 3.05) is 13.3 Å². The smallest absolute Gasteiger partial charge is 0.457 e. The summed E-state index contributed by atoms with van der Waals surface area (Å²) < 4.78 is 22.2. The van der Waals surface area contributed by atoms with E-state index in [4.69, 9.17) is 18.9 Å². The Morgan fingerprint density at radius 1 is 0.921 bits per heavy atom. The molecule has 0 unspecified atom stereocenters. The van der Waals surface area contributed by atoms with E-state index in [9.17, 15) is 9.59 Å². The maximum Gasteiger partial charge on any atom is 0.511 e. The second kappa shape index (κ2) is 10.9. The number of ether oxygens (including phenoxy) is 4. The Bertz CT molecular complexity index is 1150. The Morgan fingerprint density at radius 3 is 2.58 bits per heavy atom. The monoisotopic (exact) mass is 519 g/mol. The third-order valence-corrected chi connectivity index (χ3v) is 9.22. The number of fused-ring (bicyclic) bond motifs is 1. The molecule has 1 heterocycles. The van der Waals surface area contributed by atoms with Crippen LogP contribution in [0.3, 0.4) is 0 Å². The number of piperidine rings is 1. The van der Waals surface area contributed by atoms with Crippen LogP contribution >= 0.6 is 0 Å². The van der Waals surface area contributed by atoms with Crippen molar-refractivity contribution in [1.29, 1.82) is 0 Å². The van der Waals surface area contributed by atoms with Gasteiger partial charge in [-0.2, -0.15) is 0 Å². The van der Waals surface area contributed by atoms with Crippen LogP contribution in [0.1, 0.15) is 74.5 Å².